The van der Waals surface area contributed by atoms with Crippen molar-refractivity contribution < 1.29 is 14.0 Å². The van der Waals surface area contributed by atoms with E-state index >= 15 is 0 Å². The topological polar surface area (TPSA) is 60.2 Å². The fourth-order valence-electron chi connectivity index (χ4n) is 3.26. The Kier molecular flexibility index (Phi) is 4.08. The molecule has 3 aromatic heterocycles. The Morgan fingerprint density at radius 3 is 2.64 bits per heavy atom. The van der Waals surface area contributed by atoms with Gasteiger partial charge in [0.25, 0.3) is 0 Å². The van der Waals surface area contributed by atoms with Gasteiger partial charge in [-0.1, -0.05) is 24.6 Å². The summed E-state index contributed by atoms with van der Waals surface area (Å²) in [7, 11) is 0. The lowest BCUT2D eigenvalue weighted by Crippen LogP contribution is -1.99. The molecule has 4 nitrogen and oxygen atoms in total. The van der Waals surface area contributed by atoms with Crippen LogP contribution in [0.15, 0.2) is 45.7 Å². The number of halogens is 1. The number of benzene rings is 1. The van der Waals surface area contributed by atoms with Crippen molar-refractivity contribution in [1.82, 2.24) is 4.98 Å². The number of thiophene rings is 2. The molecule has 0 bridgehead atoms. The number of hydrogen-bond donors (Lipinski definition) is 0. The second kappa shape index (κ2) is 6.51. The maximum atomic E-state index is 12.8. The maximum absolute atomic E-state index is 12.8. The van der Waals surface area contributed by atoms with E-state index in [9.17, 15) is 9.59 Å². The highest BCUT2D eigenvalue weighted by Crippen LogP contribution is 2.36. The molecular weight excluding hydrogens is 414 g/mol. The lowest BCUT2D eigenvalue weighted by Gasteiger charge is -2.03. The van der Waals surface area contributed by atoms with Crippen molar-refractivity contribution in [3.63, 3.8) is 0 Å². The normalized spacial score (nSPS) is 15.1. The van der Waals surface area contributed by atoms with Crippen LogP contribution in [0.4, 0.5) is 0 Å². The smallest absolute Gasteiger partial charge is 0.238 e. The van der Waals surface area contributed by atoms with E-state index in [1.165, 1.54) is 11.3 Å². The van der Waals surface area contributed by atoms with Gasteiger partial charge >= 0.3 is 0 Å². The van der Waals surface area contributed by atoms with Crippen LogP contribution in [0.5, 0.6) is 0 Å². The molecule has 0 unspecified atom stereocenters. The Morgan fingerprint density at radius 2 is 1.96 bits per heavy atom. The number of nitrogens with zero attached hydrogens (tertiary/aromatic N) is 1. The molecule has 0 atom stereocenters. The van der Waals surface area contributed by atoms with Gasteiger partial charge in [0.1, 0.15) is 0 Å². The molecule has 0 spiro atoms. The van der Waals surface area contributed by atoms with E-state index in [1.807, 2.05) is 30.5 Å². The van der Waals surface area contributed by atoms with Crippen molar-refractivity contribution in [3.8, 4) is 10.8 Å². The zero-order valence-electron chi connectivity index (χ0n) is 14.6. The molecule has 1 aliphatic carbocycles. The SMILES string of the molecule is CCc1cc2c(cc1Cl)C(=O)/C(=C/c1cc3oc(-c4cccs4)nc3s1)C2=O. The lowest BCUT2D eigenvalue weighted by molar-refractivity contribution is 0.0990. The van der Waals surface area contributed by atoms with Crippen LogP contribution in [0, 0.1) is 0 Å². The highest BCUT2D eigenvalue weighted by Gasteiger charge is 2.34. The Morgan fingerprint density at radius 1 is 1.18 bits per heavy atom. The van der Waals surface area contributed by atoms with Crippen molar-refractivity contribution in [2.45, 2.75) is 13.3 Å². The summed E-state index contributed by atoms with van der Waals surface area (Å²) in [6, 6.07) is 9.04. The monoisotopic (exact) mass is 425 g/mol. The van der Waals surface area contributed by atoms with E-state index in [2.05, 4.69) is 4.98 Å². The fourth-order valence-corrected chi connectivity index (χ4v) is 5.10. The first-order chi connectivity index (χ1) is 13.5. The van der Waals surface area contributed by atoms with Crippen LogP contribution in [0.3, 0.4) is 0 Å². The molecule has 0 saturated carbocycles. The van der Waals surface area contributed by atoms with E-state index in [1.54, 1.807) is 29.5 Å². The van der Waals surface area contributed by atoms with Crippen molar-refractivity contribution in [1.29, 1.82) is 0 Å². The molecule has 0 N–H and O–H groups in total. The zero-order valence-corrected chi connectivity index (χ0v) is 17.0. The maximum Gasteiger partial charge on any atom is 0.238 e. The lowest BCUT2D eigenvalue weighted by atomic mass is 10.0. The Bertz CT molecular complexity index is 1260. The summed E-state index contributed by atoms with van der Waals surface area (Å²) in [4.78, 5) is 32.5. The van der Waals surface area contributed by atoms with Gasteiger partial charge in [0.15, 0.2) is 22.0 Å². The van der Waals surface area contributed by atoms with Gasteiger partial charge < -0.3 is 4.42 Å². The van der Waals surface area contributed by atoms with Gasteiger partial charge in [-0.25, -0.2) is 0 Å². The number of allylic oxidation sites excluding steroid dienone is 1. The summed E-state index contributed by atoms with van der Waals surface area (Å²) in [6.07, 6.45) is 2.32. The third kappa shape index (κ3) is 2.68. The number of carbonyl (C=O) groups is 2. The molecule has 3 heterocycles. The minimum Gasteiger partial charge on any atom is -0.434 e. The summed E-state index contributed by atoms with van der Waals surface area (Å²) in [6.45, 7) is 1.96. The highest BCUT2D eigenvalue weighted by molar-refractivity contribution is 7.19. The van der Waals surface area contributed by atoms with Crippen molar-refractivity contribution in [3.05, 3.63) is 67.9 Å². The second-order valence-corrected chi connectivity index (χ2v) is 8.79. The molecule has 0 aliphatic heterocycles. The Hall–Kier alpha value is -2.54. The molecule has 0 radical (unpaired) electrons. The van der Waals surface area contributed by atoms with Crippen LogP contribution in [0.25, 0.3) is 27.3 Å². The van der Waals surface area contributed by atoms with E-state index in [-0.39, 0.29) is 17.1 Å². The average molecular weight is 426 g/mol. The number of aromatic nitrogens is 1. The van der Waals surface area contributed by atoms with Crippen molar-refractivity contribution in [2.75, 3.05) is 0 Å². The Balaban J connectivity index is 1.53. The minimum atomic E-state index is -0.290. The first kappa shape index (κ1) is 17.6. The zero-order chi connectivity index (χ0) is 19.4. The molecule has 0 amide bonds. The second-order valence-electron chi connectivity index (χ2n) is 6.37. The summed E-state index contributed by atoms with van der Waals surface area (Å²) < 4.78 is 5.81. The summed E-state index contributed by atoms with van der Waals surface area (Å²) in [5.41, 5.74) is 2.46. The first-order valence-electron chi connectivity index (χ1n) is 8.63. The number of rotatable bonds is 3. The number of ketones is 2. The molecule has 0 fully saturated rings. The highest BCUT2D eigenvalue weighted by atomic mass is 35.5. The van der Waals surface area contributed by atoms with Gasteiger partial charge in [0.2, 0.25) is 5.89 Å². The number of carbonyl (C=O) groups excluding carboxylic acids is 2. The number of aryl methyl sites for hydroxylation is 1. The van der Waals surface area contributed by atoms with Gasteiger partial charge in [-0.3, -0.25) is 9.59 Å². The van der Waals surface area contributed by atoms with Gasteiger partial charge in [0, 0.05) is 27.1 Å². The fraction of sp³-hybridized carbons (Fsp3) is 0.0952. The number of Topliss-reactive ketones (excluding diaryl/α,β-unsaturated/α-hetero) is 2. The van der Waals surface area contributed by atoms with E-state index in [0.717, 1.165) is 20.1 Å². The summed E-state index contributed by atoms with van der Waals surface area (Å²) in [5, 5.41) is 2.48. The molecule has 5 rings (SSSR count). The molecule has 7 heteroatoms. The van der Waals surface area contributed by atoms with Gasteiger partial charge in [-0.05, 0) is 41.6 Å². The van der Waals surface area contributed by atoms with Crippen LogP contribution in [-0.4, -0.2) is 16.6 Å². The molecule has 138 valence electrons. The third-order valence-electron chi connectivity index (χ3n) is 4.67. The number of fused-ring (bicyclic) bond motifs is 2. The van der Waals surface area contributed by atoms with Gasteiger partial charge in [-0.2, -0.15) is 4.98 Å². The van der Waals surface area contributed by atoms with Crippen LogP contribution in [0.1, 0.15) is 38.1 Å². The summed E-state index contributed by atoms with van der Waals surface area (Å²) >= 11 is 9.17. The van der Waals surface area contributed by atoms with Crippen LogP contribution < -0.4 is 0 Å². The van der Waals surface area contributed by atoms with Crippen LogP contribution in [-0.2, 0) is 6.42 Å². The standard InChI is InChI=1S/C21H12ClNO3S2/c1-2-10-6-12-13(9-15(10)22)19(25)14(18(12)24)7-11-8-16-21(28-11)23-20(26-16)17-4-3-5-27-17/h3-9H,2H2,1H3/b14-7+. The number of oxazole rings is 1. The molecular formula is C21H12ClNO3S2. The molecule has 1 aliphatic rings. The van der Waals surface area contributed by atoms with Crippen molar-refractivity contribution in [2.24, 2.45) is 0 Å². The van der Waals surface area contributed by atoms with Crippen LogP contribution in [0.2, 0.25) is 5.02 Å². The van der Waals surface area contributed by atoms with E-state index in [0.29, 0.717) is 34.0 Å². The number of hydrogen-bond acceptors (Lipinski definition) is 6. The largest absolute Gasteiger partial charge is 0.434 e. The minimum absolute atomic E-state index is 0.154. The molecule has 28 heavy (non-hydrogen) atoms. The van der Waals surface area contributed by atoms with Gasteiger partial charge in [0.05, 0.1) is 10.5 Å². The summed E-state index contributed by atoms with van der Waals surface area (Å²) in [5.74, 6) is 0.0306. The Labute approximate surface area is 173 Å². The average Bonchev–Trinajstić information content (AvgIpc) is 3.43. The molecule has 0 saturated heterocycles. The van der Waals surface area contributed by atoms with Crippen LogP contribution >= 0.6 is 34.3 Å². The predicted octanol–water partition coefficient (Wildman–Crippen LogP) is 6.30. The predicted molar refractivity (Wildman–Crippen MR) is 113 cm³/mol. The first-order valence-corrected chi connectivity index (χ1v) is 10.7. The quantitative estimate of drug-likeness (QED) is 0.285. The van der Waals surface area contributed by atoms with Gasteiger partial charge in [-0.15, -0.1) is 22.7 Å². The van der Waals surface area contributed by atoms with E-state index < -0.39 is 0 Å². The third-order valence-corrected chi connectivity index (χ3v) is 6.84. The van der Waals surface area contributed by atoms with Crippen molar-refractivity contribution >= 4 is 62.3 Å². The van der Waals surface area contributed by atoms with E-state index in [4.69, 9.17) is 16.0 Å². The molecule has 4 aromatic rings. The molecule has 1 aromatic carbocycles.